The largest absolute Gasteiger partial charge is 0.495 e. The van der Waals surface area contributed by atoms with Crippen molar-refractivity contribution in [3.63, 3.8) is 0 Å². The Labute approximate surface area is 241 Å². The SMILES string of the molecule is COc1ccc(CCOc2cc3c(cc2OC)CCN(C(=O)CCc2cocn2)C3c2ccc(C)cc2C)cc1N. The first-order valence-electron chi connectivity index (χ1n) is 13.9. The summed E-state index contributed by atoms with van der Waals surface area (Å²) in [5, 5.41) is 0. The van der Waals surface area contributed by atoms with Crippen molar-refractivity contribution in [1.82, 2.24) is 9.88 Å². The van der Waals surface area contributed by atoms with Crippen LogP contribution in [0.15, 0.2) is 65.6 Å². The average molecular weight is 556 g/mol. The number of nitrogens with zero attached hydrogens (tertiary/aromatic N) is 2. The van der Waals surface area contributed by atoms with Gasteiger partial charge in [-0.2, -0.15) is 0 Å². The summed E-state index contributed by atoms with van der Waals surface area (Å²) in [7, 11) is 3.26. The van der Waals surface area contributed by atoms with Gasteiger partial charge in [-0.25, -0.2) is 4.98 Å². The zero-order chi connectivity index (χ0) is 28.9. The van der Waals surface area contributed by atoms with Gasteiger partial charge in [0.25, 0.3) is 0 Å². The third kappa shape index (κ3) is 6.16. The minimum absolute atomic E-state index is 0.0824. The Bertz CT molecular complexity index is 1520. The summed E-state index contributed by atoms with van der Waals surface area (Å²) >= 11 is 0. The standard InChI is InChI=1S/C33H37N3O5/c1-21-5-8-26(22(2)15-21)33-27-18-31(41-14-12-23-6-9-29(38-3)28(34)16-23)30(39-4)17-24(27)11-13-36(33)32(37)10-7-25-19-40-20-35-25/h5-6,8-9,15-20,33H,7,10-14,34H2,1-4H3. The van der Waals surface area contributed by atoms with Gasteiger partial charge < -0.3 is 29.3 Å². The number of carbonyl (C=O) groups is 1. The predicted molar refractivity (Wildman–Crippen MR) is 158 cm³/mol. The van der Waals surface area contributed by atoms with Crippen molar-refractivity contribution in [3.8, 4) is 17.2 Å². The van der Waals surface area contributed by atoms with E-state index in [0.29, 0.717) is 55.4 Å². The highest BCUT2D eigenvalue weighted by Crippen LogP contribution is 2.42. The second-order valence-corrected chi connectivity index (χ2v) is 10.5. The molecule has 1 atom stereocenters. The van der Waals surface area contributed by atoms with Crippen LogP contribution >= 0.6 is 0 Å². The summed E-state index contributed by atoms with van der Waals surface area (Å²) in [6, 6.07) is 16.1. The normalized spacial score (nSPS) is 14.4. The Kier molecular flexibility index (Phi) is 8.47. The molecule has 4 aromatic rings. The second kappa shape index (κ2) is 12.4. The van der Waals surface area contributed by atoms with Gasteiger partial charge in [-0.1, -0.05) is 29.8 Å². The van der Waals surface area contributed by atoms with Crippen LogP contribution in [-0.4, -0.2) is 43.2 Å². The second-order valence-electron chi connectivity index (χ2n) is 10.5. The number of fused-ring (bicyclic) bond motifs is 1. The minimum Gasteiger partial charge on any atom is -0.495 e. The molecule has 8 heteroatoms. The molecule has 41 heavy (non-hydrogen) atoms. The molecule has 1 aliphatic rings. The number of anilines is 1. The predicted octanol–water partition coefficient (Wildman–Crippen LogP) is 5.62. The molecule has 0 fully saturated rings. The first-order valence-corrected chi connectivity index (χ1v) is 13.9. The molecule has 214 valence electrons. The lowest BCUT2D eigenvalue weighted by molar-refractivity contribution is -0.133. The van der Waals surface area contributed by atoms with E-state index in [0.717, 1.165) is 39.9 Å². The summed E-state index contributed by atoms with van der Waals surface area (Å²) in [5.74, 6) is 2.07. The van der Waals surface area contributed by atoms with E-state index in [4.69, 9.17) is 24.4 Å². The van der Waals surface area contributed by atoms with Crippen LogP contribution in [0.4, 0.5) is 5.69 Å². The van der Waals surface area contributed by atoms with Gasteiger partial charge in [0.1, 0.15) is 12.0 Å². The van der Waals surface area contributed by atoms with Crippen molar-refractivity contribution in [2.45, 2.75) is 45.6 Å². The summed E-state index contributed by atoms with van der Waals surface area (Å²) in [6.07, 6.45) is 5.28. The van der Waals surface area contributed by atoms with Crippen molar-refractivity contribution in [1.29, 1.82) is 0 Å². The number of nitrogen functional groups attached to an aromatic ring is 1. The molecule has 1 aliphatic heterocycles. The van der Waals surface area contributed by atoms with E-state index in [1.807, 2.05) is 23.1 Å². The third-order valence-corrected chi connectivity index (χ3v) is 7.71. The number of aryl methyl sites for hydroxylation is 3. The highest BCUT2D eigenvalue weighted by molar-refractivity contribution is 5.78. The first kappa shape index (κ1) is 28.1. The van der Waals surface area contributed by atoms with Crippen LogP contribution in [0.1, 0.15) is 51.5 Å². The average Bonchev–Trinajstić information content (AvgIpc) is 3.49. The maximum absolute atomic E-state index is 13.7. The third-order valence-electron chi connectivity index (χ3n) is 7.71. The number of oxazole rings is 1. The molecule has 1 aromatic heterocycles. The van der Waals surface area contributed by atoms with E-state index in [1.54, 1.807) is 20.5 Å². The van der Waals surface area contributed by atoms with E-state index in [1.165, 1.54) is 12.0 Å². The van der Waals surface area contributed by atoms with Crippen LogP contribution in [0.3, 0.4) is 0 Å². The molecule has 2 N–H and O–H groups in total. The van der Waals surface area contributed by atoms with Gasteiger partial charge in [0, 0.05) is 25.8 Å². The van der Waals surface area contributed by atoms with E-state index in [9.17, 15) is 4.79 Å². The smallest absolute Gasteiger partial charge is 0.223 e. The molecule has 0 aliphatic carbocycles. The molecular formula is C33H37N3O5. The van der Waals surface area contributed by atoms with Crippen LogP contribution in [-0.2, 0) is 24.1 Å². The van der Waals surface area contributed by atoms with E-state index >= 15 is 0 Å². The quantitative estimate of drug-likeness (QED) is 0.254. The van der Waals surface area contributed by atoms with Gasteiger partial charge in [0.05, 0.1) is 38.2 Å². The number of ether oxygens (including phenoxy) is 3. The molecule has 5 rings (SSSR count). The van der Waals surface area contributed by atoms with Crippen molar-refractivity contribution in [2.24, 2.45) is 0 Å². The fourth-order valence-electron chi connectivity index (χ4n) is 5.59. The summed E-state index contributed by atoms with van der Waals surface area (Å²) in [4.78, 5) is 19.8. The molecule has 0 saturated carbocycles. The van der Waals surface area contributed by atoms with E-state index in [-0.39, 0.29) is 11.9 Å². The molecule has 0 bridgehead atoms. The minimum atomic E-state index is -0.237. The summed E-state index contributed by atoms with van der Waals surface area (Å²) in [6.45, 7) is 5.25. The van der Waals surface area contributed by atoms with Gasteiger partial charge in [0.15, 0.2) is 17.9 Å². The number of hydrogen-bond donors (Lipinski definition) is 1. The number of amides is 1. The maximum atomic E-state index is 13.7. The van der Waals surface area contributed by atoms with Crippen LogP contribution in [0.25, 0.3) is 0 Å². The van der Waals surface area contributed by atoms with Gasteiger partial charge in [-0.15, -0.1) is 0 Å². The number of aromatic nitrogens is 1. The highest BCUT2D eigenvalue weighted by atomic mass is 16.5. The molecular weight excluding hydrogens is 518 g/mol. The fourth-order valence-corrected chi connectivity index (χ4v) is 5.59. The summed E-state index contributed by atoms with van der Waals surface area (Å²) in [5.41, 5.74) is 14.2. The Morgan fingerprint density at radius 2 is 1.83 bits per heavy atom. The van der Waals surface area contributed by atoms with Gasteiger partial charge in [-0.05, 0) is 72.4 Å². The van der Waals surface area contributed by atoms with Gasteiger partial charge in [-0.3, -0.25) is 4.79 Å². The van der Waals surface area contributed by atoms with Crippen LogP contribution in [0.5, 0.6) is 17.2 Å². The molecule has 0 spiro atoms. The van der Waals surface area contributed by atoms with Crippen LogP contribution in [0, 0.1) is 13.8 Å². The zero-order valence-corrected chi connectivity index (χ0v) is 24.1. The Morgan fingerprint density at radius 3 is 2.54 bits per heavy atom. The van der Waals surface area contributed by atoms with E-state index < -0.39 is 0 Å². The van der Waals surface area contributed by atoms with Crippen molar-refractivity contribution in [2.75, 3.05) is 33.1 Å². The van der Waals surface area contributed by atoms with Crippen LogP contribution < -0.4 is 19.9 Å². The first-order chi connectivity index (χ1) is 19.9. The molecule has 1 unspecified atom stereocenters. The molecule has 0 saturated heterocycles. The fraction of sp³-hybridized carbons (Fsp3) is 0.333. The number of benzene rings is 3. The van der Waals surface area contributed by atoms with Gasteiger partial charge in [0.2, 0.25) is 5.91 Å². The van der Waals surface area contributed by atoms with Gasteiger partial charge >= 0.3 is 0 Å². The molecule has 0 radical (unpaired) electrons. The van der Waals surface area contributed by atoms with Crippen molar-refractivity contribution >= 4 is 11.6 Å². The Hall–Kier alpha value is -4.46. The number of nitrogens with two attached hydrogens (primary N) is 1. The molecule has 2 heterocycles. The monoisotopic (exact) mass is 555 g/mol. The number of hydrogen-bond acceptors (Lipinski definition) is 7. The summed E-state index contributed by atoms with van der Waals surface area (Å²) < 4.78 is 22.4. The Morgan fingerprint density at radius 1 is 1.00 bits per heavy atom. The van der Waals surface area contributed by atoms with Crippen molar-refractivity contribution in [3.05, 3.63) is 100 Å². The number of methoxy groups -OCH3 is 2. The maximum Gasteiger partial charge on any atom is 0.223 e. The molecule has 1 amide bonds. The molecule has 8 nitrogen and oxygen atoms in total. The number of carbonyl (C=O) groups excluding carboxylic acids is 1. The van der Waals surface area contributed by atoms with Crippen molar-refractivity contribution < 1.29 is 23.4 Å². The number of rotatable bonds is 10. The Balaban J connectivity index is 1.44. The lowest BCUT2D eigenvalue weighted by Gasteiger charge is -2.39. The zero-order valence-electron chi connectivity index (χ0n) is 24.1. The van der Waals surface area contributed by atoms with E-state index in [2.05, 4.69) is 49.2 Å². The highest BCUT2D eigenvalue weighted by Gasteiger charge is 2.34. The molecule has 3 aromatic carbocycles. The van der Waals surface area contributed by atoms with Crippen LogP contribution in [0.2, 0.25) is 0 Å². The topological polar surface area (TPSA) is 100 Å². The lowest BCUT2D eigenvalue weighted by atomic mass is 9.85. The lowest BCUT2D eigenvalue weighted by Crippen LogP contribution is -2.41.